The Morgan fingerprint density at radius 1 is 1.08 bits per heavy atom. The number of guanidine groups is 1. The summed E-state index contributed by atoms with van der Waals surface area (Å²) >= 11 is 1.88. The number of hydrogen-bond acceptors (Lipinski definition) is 3. The van der Waals surface area contributed by atoms with Crippen molar-refractivity contribution in [1.29, 1.82) is 0 Å². The number of hydrogen-bond donors (Lipinski definition) is 2. The predicted molar refractivity (Wildman–Crippen MR) is 107 cm³/mol. The molecular weight excluding hydrogens is 316 g/mol. The van der Waals surface area contributed by atoms with E-state index >= 15 is 0 Å². The summed E-state index contributed by atoms with van der Waals surface area (Å²) in [6, 6.07) is 8.99. The number of rotatable bonds is 8. The van der Waals surface area contributed by atoms with Crippen LogP contribution in [0.25, 0.3) is 0 Å². The summed E-state index contributed by atoms with van der Waals surface area (Å²) in [7, 11) is 1.83. The van der Waals surface area contributed by atoms with Gasteiger partial charge < -0.3 is 10.6 Å². The molecule has 2 N–H and O–H groups in total. The monoisotopic (exact) mass is 348 g/mol. The van der Waals surface area contributed by atoms with Gasteiger partial charge in [-0.1, -0.05) is 30.7 Å². The van der Waals surface area contributed by atoms with Gasteiger partial charge in [0.15, 0.2) is 5.96 Å². The van der Waals surface area contributed by atoms with Crippen molar-refractivity contribution in [3.8, 4) is 0 Å². The van der Waals surface area contributed by atoms with Gasteiger partial charge in [0.25, 0.3) is 0 Å². The van der Waals surface area contributed by atoms with Gasteiger partial charge in [-0.05, 0) is 55.5 Å². The van der Waals surface area contributed by atoms with Gasteiger partial charge in [0.1, 0.15) is 0 Å². The van der Waals surface area contributed by atoms with Crippen molar-refractivity contribution >= 4 is 17.7 Å². The Balaban J connectivity index is 1.72. The second-order valence-corrected chi connectivity index (χ2v) is 7.34. The Bertz CT molecular complexity index is 481. The zero-order valence-corrected chi connectivity index (χ0v) is 16.0. The molecule has 1 aliphatic heterocycles. The van der Waals surface area contributed by atoms with E-state index < -0.39 is 0 Å². The number of thioether (sulfide) groups is 1. The van der Waals surface area contributed by atoms with E-state index in [0.717, 1.165) is 32.0 Å². The Morgan fingerprint density at radius 3 is 2.46 bits per heavy atom. The molecule has 1 saturated heterocycles. The van der Waals surface area contributed by atoms with Crippen LogP contribution in [0.5, 0.6) is 0 Å². The van der Waals surface area contributed by atoms with Crippen LogP contribution in [0.2, 0.25) is 0 Å². The highest BCUT2D eigenvalue weighted by atomic mass is 32.2. The standard InChI is InChI=1S/C19H32N4S/c1-20-19(21-11-6-14-24-2)22-15-17-7-9-18(10-8-17)16-23-12-4-3-5-13-23/h7-10H,3-6,11-16H2,1-2H3,(H2,20,21,22). The second-order valence-electron chi connectivity index (χ2n) is 6.35. The largest absolute Gasteiger partial charge is 0.356 e. The minimum Gasteiger partial charge on any atom is -0.356 e. The van der Waals surface area contributed by atoms with Crippen LogP contribution >= 0.6 is 11.8 Å². The molecule has 0 spiro atoms. The molecular formula is C19H32N4S. The van der Waals surface area contributed by atoms with Gasteiger partial charge in [-0.2, -0.15) is 11.8 Å². The molecule has 0 saturated carbocycles. The summed E-state index contributed by atoms with van der Waals surface area (Å²) < 4.78 is 0. The van der Waals surface area contributed by atoms with E-state index in [0.29, 0.717) is 0 Å². The van der Waals surface area contributed by atoms with E-state index in [2.05, 4.69) is 51.0 Å². The third-order valence-electron chi connectivity index (χ3n) is 4.38. The average molecular weight is 349 g/mol. The van der Waals surface area contributed by atoms with Crippen molar-refractivity contribution in [3.05, 3.63) is 35.4 Å². The molecule has 0 aliphatic carbocycles. The highest BCUT2D eigenvalue weighted by molar-refractivity contribution is 7.98. The van der Waals surface area contributed by atoms with E-state index in [1.807, 2.05) is 18.8 Å². The smallest absolute Gasteiger partial charge is 0.191 e. The lowest BCUT2D eigenvalue weighted by Gasteiger charge is -2.26. The van der Waals surface area contributed by atoms with Gasteiger partial charge in [-0.3, -0.25) is 9.89 Å². The van der Waals surface area contributed by atoms with Crippen molar-refractivity contribution in [3.63, 3.8) is 0 Å². The third kappa shape index (κ3) is 7.14. The molecule has 0 atom stereocenters. The van der Waals surface area contributed by atoms with E-state index in [-0.39, 0.29) is 0 Å². The fourth-order valence-corrected chi connectivity index (χ4v) is 3.40. The first-order valence-electron chi connectivity index (χ1n) is 9.05. The Labute approximate surface area is 151 Å². The molecule has 0 unspecified atom stereocenters. The predicted octanol–water partition coefficient (Wildman–Crippen LogP) is 3.09. The average Bonchev–Trinajstić information content (AvgIpc) is 2.63. The van der Waals surface area contributed by atoms with Crippen LogP contribution in [0, 0.1) is 0 Å². The van der Waals surface area contributed by atoms with Gasteiger partial charge >= 0.3 is 0 Å². The van der Waals surface area contributed by atoms with Gasteiger partial charge in [0, 0.05) is 26.7 Å². The SMILES string of the molecule is CN=C(NCCCSC)NCc1ccc(CN2CCCCC2)cc1. The molecule has 0 bridgehead atoms. The first-order chi connectivity index (χ1) is 11.8. The summed E-state index contributed by atoms with van der Waals surface area (Å²) in [6.45, 7) is 5.37. The molecule has 1 fully saturated rings. The van der Waals surface area contributed by atoms with E-state index in [9.17, 15) is 0 Å². The molecule has 2 rings (SSSR count). The topological polar surface area (TPSA) is 39.7 Å². The first-order valence-corrected chi connectivity index (χ1v) is 10.4. The Hall–Kier alpha value is -1.20. The quantitative estimate of drug-likeness (QED) is 0.430. The number of piperidine rings is 1. The molecule has 4 nitrogen and oxygen atoms in total. The van der Waals surface area contributed by atoms with Crippen LogP contribution in [0.1, 0.15) is 36.8 Å². The number of benzene rings is 1. The zero-order chi connectivity index (χ0) is 17.0. The number of nitrogens with one attached hydrogen (secondary N) is 2. The van der Waals surface area contributed by atoms with Gasteiger partial charge in [-0.25, -0.2) is 0 Å². The van der Waals surface area contributed by atoms with Crippen LogP contribution in [0.15, 0.2) is 29.3 Å². The lowest BCUT2D eigenvalue weighted by Crippen LogP contribution is -2.37. The first kappa shape index (κ1) is 19.1. The maximum absolute atomic E-state index is 4.28. The number of nitrogens with zero attached hydrogens (tertiary/aromatic N) is 2. The molecule has 1 aliphatic rings. The normalized spacial score (nSPS) is 16.2. The summed E-state index contributed by atoms with van der Waals surface area (Å²) in [6.07, 6.45) is 7.40. The van der Waals surface area contributed by atoms with Crippen molar-refractivity contribution in [2.45, 2.75) is 38.8 Å². The van der Waals surface area contributed by atoms with Crippen molar-refractivity contribution in [1.82, 2.24) is 15.5 Å². The lowest BCUT2D eigenvalue weighted by molar-refractivity contribution is 0.221. The Kier molecular flexibility index (Phi) is 9.06. The third-order valence-corrected chi connectivity index (χ3v) is 5.08. The van der Waals surface area contributed by atoms with Gasteiger partial charge in [0.2, 0.25) is 0 Å². The fraction of sp³-hybridized carbons (Fsp3) is 0.632. The molecule has 1 aromatic carbocycles. The highest BCUT2D eigenvalue weighted by Gasteiger charge is 2.10. The second kappa shape index (κ2) is 11.4. The fourth-order valence-electron chi connectivity index (χ4n) is 2.97. The molecule has 0 radical (unpaired) electrons. The number of aliphatic imine (C=N–C) groups is 1. The van der Waals surface area contributed by atoms with Crippen molar-refractivity contribution in [2.75, 3.05) is 38.7 Å². The summed E-state index contributed by atoms with van der Waals surface area (Å²) in [4.78, 5) is 6.84. The van der Waals surface area contributed by atoms with Crippen molar-refractivity contribution in [2.24, 2.45) is 4.99 Å². The summed E-state index contributed by atoms with van der Waals surface area (Å²) in [5.74, 6) is 2.07. The molecule has 1 heterocycles. The highest BCUT2D eigenvalue weighted by Crippen LogP contribution is 2.13. The minimum atomic E-state index is 0.812. The van der Waals surface area contributed by atoms with Gasteiger partial charge in [0.05, 0.1) is 0 Å². The van der Waals surface area contributed by atoms with E-state index in [4.69, 9.17) is 0 Å². The molecule has 24 heavy (non-hydrogen) atoms. The van der Waals surface area contributed by atoms with Gasteiger partial charge in [-0.15, -0.1) is 0 Å². The van der Waals surface area contributed by atoms with Crippen LogP contribution in [-0.2, 0) is 13.1 Å². The van der Waals surface area contributed by atoms with E-state index in [1.165, 1.54) is 49.2 Å². The van der Waals surface area contributed by atoms with Crippen LogP contribution < -0.4 is 10.6 Å². The maximum atomic E-state index is 4.28. The van der Waals surface area contributed by atoms with Crippen LogP contribution in [0.3, 0.4) is 0 Å². The molecule has 0 amide bonds. The van der Waals surface area contributed by atoms with E-state index in [1.54, 1.807) is 0 Å². The van der Waals surface area contributed by atoms with Crippen LogP contribution in [-0.4, -0.2) is 49.6 Å². The zero-order valence-electron chi connectivity index (χ0n) is 15.2. The Morgan fingerprint density at radius 2 is 1.79 bits per heavy atom. The molecule has 5 heteroatoms. The molecule has 0 aromatic heterocycles. The maximum Gasteiger partial charge on any atom is 0.191 e. The van der Waals surface area contributed by atoms with Crippen molar-refractivity contribution < 1.29 is 0 Å². The summed E-state index contributed by atoms with van der Waals surface area (Å²) in [5, 5.41) is 6.74. The number of likely N-dealkylation sites (tertiary alicyclic amines) is 1. The molecule has 134 valence electrons. The lowest BCUT2D eigenvalue weighted by atomic mass is 10.1. The minimum absolute atomic E-state index is 0.812. The van der Waals surface area contributed by atoms with Crippen LogP contribution in [0.4, 0.5) is 0 Å². The summed E-state index contributed by atoms with van der Waals surface area (Å²) in [5.41, 5.74) is 2.71. The molecule has 1 aromatic rings.